The minimum atomic E-state index is -1.07. The molecule has 0 saturated carbocycles. The normalized spacial score (nSPS) is 16.9. The van der Waals surface area contributed by atoms with Crippen LogP contribution < -0.4 is 10.6 Å². The molecule has 2 N–H and O–H groups in total. The molecule has 1 unspecified atom stereocenters. The molecule has 1 heterocycles. The number of ether oxygens (including phenoxy) is 3. The second kappa shape index (κ2) is 10.3. The van der Waals surface area contributed by atoms with Gasteiger partial charge in [-0.2, -0.15) is 0 Å². The van der Waals surface area contributed by atoms with Gasteiger partial charge in [0.05, 0.1) is 35.8 Å². The number of nitrogens with one attached hydrogen (secondary N) is 2. The first-order chi connectivity index (χ1) is 13.6. The molecule has 0 bridgehead atoms. The molecule has 162 valence electrons. The number of hydrogen-bond donors (Lipinski definition) is 2. The summed E-state index contributed by atoms with van der Waals surface area (Å²) in [4.78, 5) is 12.6. The molecule has 1 saturated heterocycles. The van der Waals surface area contributed by atoms with Gasteiger partial charge in [0.1, 0.15) is 5.60 Å². The van der Waals surface area contributed by atoms with Crippen LogP contribution in [-0.2, 0) is 20.0 Å². The van der Waals surface area contributed by atoms with Gasteiger partial charge in [-0.1, -0.05) is 54.8 Å². The van der Waals surface area contributed by atoms with Crippen molar-refractivity contribution >= 4 is 46.5 Å². The number of benzene rings is 1. The topological polar surface area (TPSA) is 68.8 Å². The Morgan fingerprint density at radius 3 is 2.52 bits per heavy atom. The van der Waals surface area contributed by atoms with Gasteiger partial charge in [0.15, 0.2) is 0 Å². The first-order valence-electron chi connectivity index (χ1n) is 9.57. The van der Waals surface area contributed by atoms with E-state index in [1.807, 2.05) is 27.7 Å². The maximum Gasteiger partial charge on any atom is 0.408 e. The third-order valence-corrected chi connectivity index (χ3v) is 5.15. The largest absolute Gasteiger partial charge is 0.444 e. The van der Waals surface area contributed by atoms with Crippen LogP contribution >= 0.6 is 35.4 Å². The molecule has 29 heavy (non-hydrogen) atoms. The van der Waals surface area contributed by atoms with E-state index in [4.69, 9.17) is 49.6 Å². The Balaban J connectivity index is 2.09. The number of hydrogen-bond acceptors (Lipinski definition) is 5. The molecule has 1 aromatic carbocycles. The van der Waals surface area contributed by atoms with E-state index in [0.717, 1.165) is 6.42 Å². The summed E-state index contributed by atoms with van der Waals surface area (Å²) in [6.07, 6.45) is 0.995. The second-order valence-electron chi connectivity index (χ2n) is 7.78. The lowest BCUT2D eigenvalue weighted by Gasteiger charge is -2.31. The molecule has 1 atom stereocenters. The van der Waals surface area contributed by atoms with Crippen molar-refractivity contribution in [1.82, 2.24) is 10.6 Å². The summed E-state index contributed by atoms with van der Waals surface area (Å²) >= 11 is 17.9. The summed E-state index contributed by atoms with van der Waals surface area (Å²) in [5.74, 6) is -1.07. The monoisotopic (exact) mass is 462 g/mol. The maximum absolute atomic E-state index is 12.2. The van der Waals surface area contributed by atoms with Crippen LogP contribution in [0.25, 0.3) is 0 Å². The van der Waals surface area contributed by atoms with Crippen molar-refractivity contribution in [2.24, 2.45) is 0 Å². The number of amides is 1. The Hall–Kier alpha value is -1.12. The molecular weight excluding hydrogens is 435 g/mol. The van der Waals surface area contributed by atoms with Crippen molar-refractivity contribution in [2.75, 3.05) is 19.8 Å². The SMILES string of the molecule is CCCC(NC(=O)OC(C)(C)C)C(=S)NCC1(c2ccc(Cl)cc2Cl)OCCO1. The minimum absolute atomic E-state index is 0.239. The second-order valence-corrected chi connectivity index (χ2v) is 9.06. The van der Waals surface area contributed by atoms with Gasteiger partial charge in [-0.15, -0.1) is 0 Å². The highest BCUT2D eigenvalue weighted by molar-refractivity contribution is 7.80. The molecule has 1 aromatic rings. The van der Waals surface area contributed by atoms with Gasteiger partial charge in [0.25, 0.3) is 0 Å². The molecular formula is C20H28Cl2N2O4S. The molecule has 1 aliphatic rings. The van der Waals surface area contributed by atoms with Gasteiger partial charge in [0.2, 0.25) is 5.79 Å². The van der Waals surface area contributed by atoms with E-state index in [1.54, 1.807) is 18.2 Å². The minimum Gasteiger partial charge on any atom is -0.444 e. The summed E-state index contributed by atoms with van der Waals surface area (Å²) < 4.78 is 17.1. The van der Waals surface area contributed by atoms with E-state index in [0.29, 0.717) is 40.2 Å². The third-order valence-electron chi connectivity index (χ3n) is 4.18. The van der Waals surface area contributed by atoms with Crippen LogP contribution in [-0.4, -0.2) is 42.5 Å². The Morgan fingerprint density at radius 1 is 1.31 bits per heavy atom. The lowest BCUT2D eigenvalue weighted by molar-refractivity contribution is -0.159. The fourth-order valence-electron chi connectivity index (χ4n) is 2.94. The smallest absolute Gasteiger partial charge is 0.408 e. The summed E-state index contributed by atoms with van der Waals surface area (Å²) in [6.45, 7) is 8.56. The first kappa shape index (κ1) is 24.2. The third kappa shape index (κ3) is 6.96. The van der Waals surface area contributed by atoms with Crippen LogP contribution in [0.3, 0.4) is 0 Å². The van der Waals surface area contributed by atoms with Crippen molar-refractivity contribution < 1.29 is 19.0 Å². The summed E-state index contributed by atoms with van der Waals surface area (Å²) in [5, 5.41) is 6.99. The molecule has 1 fully saturated rings. The van der Waals surface area contributed by atoms with E-state index in [2.05, 4.69) is 10.6 Å². The van der Waals surface area contributed by atoms with Crippen molar-refractivity contribution in [1.29, 1.82) is 0 Å². The predicted molar refractivity (Wildman–Crippen MR) is 119 cm³/mol. The number of alkyl carbamates (subject to hydrolysis) is 1. The molecule has 0 spiro atoms. The van der Waals surface area contributed by atoms with Crippen LogP contribution in [0.4, 0.5) is 4.79 Å². The van der Waals surface area contributed by atoms with Crippen LogP contribution in [0, 0.1) is 0 Å². The van der Waals surface area contributed by atoms with E-state index in [-0.39, 0.29) is 12.6 Å². The average molecular weight is 463 g/mol. The van der Waals surface area contributed by atoms with E-state index < -0.39 is 17.5 Å². The molecule has 6 nitrogen and oxygen atoms in total. The van der Waals surface area contributed by atoms with Crippen LogP contribution in [0.1, 0.15) is 46.1 Å². The summed E-state index contributed by atoms with van der Waals surface area (Å²) in [6, 6.07) is 4.79. The van der Waals surface area contributed by atoms with Crippen LogP contribution in [0.5, 0.6) is 0 Å². The average Bonchev–Trinajstić information content (AvgIpc) is 3.07. The summed E-state index contributed by atoms with van der Waals surface area (Å²) in [5.41, 5.74) is 0.0834. The molecule has 9 heteroatoms. The molecule has 1 aliphatic heterocycles. The van der Waals surface area contributed by atoms with E-state index >= 15 is 0 Å². The zero-order valence-corrected chi connectivity index (χ0v) is 19.5. The highest BCUT2D eigenvalue weighted by Crippen LogP contribution is 2.36. The Kier molecular flexibility index (Phi) is 8.55. The lowest BCUT2D eigenvalue weighted by Crippen LogP contribution is -2.50. The Labute approximate surface area is 187 Å². The fourth-order valence-corrected chi connectivity index (χ4v) is 3.74. The van der Waals surface area contributed by atoms with Crippen molar-refractivity contribution in [2.45, 2.75) is 58.0 Å². The standard InChI is InChI=1S/C20H28Cl2N2O4S/c1-5-6-16(24-18(25)28-19(2,3)4)17(29)23-12-20(26-9-10-27-20)14-8-7-13(21)11-15(14)22/h7-8,11,16H,5-6,9-10,12H2,1-4H3,(H,23,29)(H,24,25). The number of carbonyl (C=O) groups excluding carboxylic acids is 1. The highest BCUT2D eigenvalue weighted by Gasteiger charge is 2.40. The van der Waals surface area contributed by atoms with E-state index in [1.165, 1.54) is 0 Å². The molecule has 1 amide bonds. The molecule has 0 radical (unpaired) electrons. The van der Waals surface area contributed by atoms with Gasteiger partial charge in [-0.3, -0.25) is 0 Å². The van der Waals surface area contributed by atoms with E-state index in [9.17, 15) is 4.79 Å². The number of halogens is 2. The lowest BCUT2D eigenvalue weighted by atomic mass is 10.0. The quantitative estimate of drug-likeness (QED) is 0.566. The van der Waals surface area contributed by atoms with Crippen LogP contribution in [0.15, 0.2) is 18.2 Å². The summed E-state index contributed by atoms with van der Waals surface area (Å²) in [7, 11) is 0. The van der Waals surface area contributed by atoms with Gasteiger partial charge < -0.3 is 24.8 Å². The van der Waals surface area contributed by atoms with Crippen molar-refractivity contribution in [3.63, 3.8) is 0 Å². The van der Waals surface area contributed by atoms with Gasteiger partial charge in [-0.25, -0.2) is 4.79 Å². The van der Waals surface area contributed by atoms with Crippen molar-refractivity contribution in [3.05, 3.63) is 33.8 Å². The Bertz CT molecular complexity index is 734. The van der Waals surface area contributed by atoms with Gasteiger partial charge in [0, 0.05) is 10.6 Å². The molecule has 0 aliphatic carbocycles. The van der Waals surface area contributed by atoms with Crippen LogP contribution in [0.2, 0.25) is 10.0 Å². The fraction of sp³-hybridized carbons (Fsp3) is 0.600. The first-order valence-corrected chi connectivity index (χ1v) is 10.7. The number of carbonyl (C=O) groups is 1. The number of rotatable bonds is 7. The Morgan fingerprint density at radius 2 is 1.97 bits per heavy atom. The maximum atomic E-state index is 12.2. The molecule has 0 aromatic heterocycles. The highest BCUT2D eigenvalue weighted by atomic mass is 35.5. The predicted octanol–water partition coefficient (Wildman–Crippen LogP) is 4.80. The molecule has 2 rings (SSSR count). The zero-order chi connectivity index (χ0) is 21.7. The van der Waals surface area contributed by atoms with Gasteiger partial charge >= 0.3 is 6.09 Å². The zero-order valence-electron chi connectivity index (χ0n) is 17.1. The number of thiocarbonyl (C=S) groups is 1. The van der Waals surface area contributed by atoms with Gasteiger partial charge in [-0.05, 0) is 39.3 Å². The van der Waals surface area contributed by atoms with Crippen molar-refractivity contribution in [3.8, 4) is 0 Å².